The summed E-state index contributed by atoms with van der Waals surface area (Å²) in [6, 6.07) is 39.3. The van der Waals surface area contributed by atoms with Gasteiger partial charge in [-0.25, -0.2) is 4.79 Å². The van der Waals surface area contributed by atoms with E-state index in [2.05, 4.69) is 77.7 Å². The molecule has 1 aliphatic rings. The Kier molecular flexibility index (Phi) is 13.9. The van der Waals surface area contributed by atoms with Crippen LogP contribution in [0.4, 0.5) is 5.69 Å². The number of aliphatic hydroxyl groups is 1. The van der Waals surface area contributed by atoms with Crippen LogP contribution >= 0.6 is 0 Å². The van der Waals surface area contributed by atoms with Crippen LogP contribution in [-0.4, -0.2) is 43.0 Å². The molecule has 1 N–H and O–H groups in total. The second-order valence-electron chi connectivity index (χ2n) is 13.4. The first-order valence-corrected chi connectivity index (χ1v) is 18.2. The molecule has 7 nitrogen and oxygen atoms in total. The zero-order valence-electron chi connectivity index (χ0n) is 30.0. The lowest BCUT2D eigenvalue weighted by atomic mass is 9.79. The maximum atomic E-state index is 14.1. The molecule has 0 saturated heterocycles. The third kappa shape index (κ3) is 10.8. The molecule has 268 valence electrons. The fraction of sp³-hybridized carbons (Fsp3) is 0.364. The standard InChI is InChI=1S/C44H51NO6/c1-3-39(37-22-15-23-38(30-37)45(32-35-18-9-5-10-19-35)33-36-20-11-6-12-21-36)42-40(46)31-44(51-43(42)48,27-25-34-16-7-4-8-17-34)26-14-13-24-41(47)50-29-28-49-2/h4-12,15-23,30,39,46H,3,13-14,24-29,31-33H2,1-2H3/t39-,44-/m1/s1. The van der Waals surface area contributed by atoms with E-state index in [1.165, 1.54) is 11.1 Å². The molecule has 0 fully saturated rings. The van der Waals surface area contributed by atoms with E-state index in [1.54, 1.807) is 7.11 Å². The van der Waals surface area contributed by atoms with Crippen molar-refractivity contribution in [3.8, 4) is 0 Å². The lowest BCUT2D eigenvalue weighted by molar-refractivity contribution is -0.161. The molecule has 51 heavy (non-hydrogen) atoms. The fourth-order valence-corrected chi connectivity index (χ4v) is 6.99. The maximum absolute atomic E-state index is 14.1. The molecule has 0 radical (unpaired) electrons. The van der Waals surface area contributed by atoms with E-state index in [-0.39, 0.29) is 37.1 Å². The minimum atomic E-state index is -0.872. The SMILES string of the molecule is CC[C@@H](C1=C(O)C[C@@](CCCCC(=O)OCCOC)(CCc2ccccc2)OC1=O)c1cccc(N(Cc2ccccc2)Cc2ccccc2)c1. The summed E-state index contributed by atoms with van der Waals surface area (Å²) in [4.78, 5) is 28.6. The molecule has 0 aliphatic carbocycles. The molecule has 0 aromatic heterocycles. The van der Waals surface area contributed by atoms with Gasteiger partial charge in [0.25, 0.3) is 0 Å². The lowest BCUT2D eigenvalue weighted by Gasteiger charge is -2.39. The van der Waals surface area contributed by atoms with Crippen LogP contribution in [0.15, 0.2) is 127 Å². The summed E-state index contributed by atoms with van der Waals surface area (Å²) in [6.45, 7) is 4.08. The van der Waals surface area contributed by atoms with Gasteiger partial charge in [0.1, 0.15) is 18.0 Å². The molecule has 2 atom stereocenters. The molecule has 1 heterocycles. The summed E-state index contributed by atoms with van der Waals surface area (Å²) in [5, 5.41) is 11.8. The number of hydrogen-bond acceptors (Lipinski definition) is 7. The predicted molar refractivity (Wildman–Crippen MR) is 201 cm³/mol. The number of nitrogens with zero attached hydrogens (tertiary/aromatic N) is 1. The summed E-state index contributed by atoms with van der Waals surface area (Å²) in [6.07, 6.45) is 4.20. The molecule has 0 bridgehead atoms. The van der Waals surface area contributed by atoms with Gasteiger partial charge in [-0.1, -0.05) is 110 Å². The van der Waals surface area contributed by atoms with Crippen molar-refractivity contribution in [3.05, 3.63) is 149 Å². The van der Waals surface area contributed by atoms with Crippen molar-refractivity contribution in [2.24, 2.45) is 0 Å². The highest BCUT2D eigenvalue weighted by Gasteiger charge is 2.43. The Morgan fingerprint density at radius 2 is 1.45 bits per heavy atom. The van der Waals surface area contributed by atoms with Gasteiger partial charge in [0.2, 0.25) is 0 Å². The van der Waals surface area contributed by atoms with E-state index in [9.17, 15) is 14.7 Å². The van der Waals surface area contributed by atoms with E-state index in [0.29, 0.717) is 50.7 Å². The molecule has 7 heteroatoms. The molecule has 0 saturated carbocycles. The summed E-state index contributed by atoms with van der Waals surface area (Å²) in [5.41, 5.74) is 5.02. The number of cyclic esters (lactones) is 1. The van der Waals surface area contributed by atoms with Crippen LogP contribution in [0.2, 0.25) is 0 Å². The first-order chi connectivity index (χ1) is 24.9. The first-order valence-electron chi connectivity index (χ1n) is 18.2. The van der Waals surface area contributed by atoms with Crippen molar-refractivity contribution in [3.63, 3.8) is 0 Å². The fourth-order valence-electron chi connectivity index (χ4n) is 6.99. The van der Waals surface area contributed by atoms with Gasteiger partial charge in [0.05, 0.1) is 12.2 Å². The average molecular weight is 690 g/mol. The minimum absolute atomic E-state index is 0.0981. The van der Waals surface area contributed by atoms with Gasteiger partial charge in [0, 0.05) is 44.6 Å². The molecule has 1 aliphatic heterocycles. The topological polar surface area (TPSA) is 85.3 Å². The number of aliphatic hydroxyl groups excluding tert-OH is 1. The van der Waals surface area contributed by atoms with Gasteiger partial charge in [-0.15, -0.1) is 0 Å². The van der Waals surface area contributed by atoms with E-state index < -0.39 is 11.6 Å². The van der Waals surface area contributed by atoms with Crippen molar-refractivity contribution in [2.45, 2.75) is 82.9 Å². The highest BCUT2D eigenvalue weighted by Crippen LogP contribution is 2.42. The number of methoxy groups -OCH3 is 1. The Hall–Kier alpha value is -4.88. The Balaban J connectivity index is 1.37. The number of ether oxygens (including phenoxy) is 3. The summed E-state index contributed by atoms with van der Waals surface area (Å²) in [7, 11) is 1.57. The highest BCUT2D eigenvalue weighted by molar-refractivity contribution is 5.92. The van der Waals surface area contributed by atoms with Crippen LogP contribution in [0.1, 0.15) is 80.0 Å². The number of unbranched alkanes of at least 4 members (excludes halogenated alkanes) is 1. The lowest BCUT2D eigenvalue weighted by Crippen LogP contribution is -2.41. The van der Waals surface area contributed by atoms with Gasteiger partial charge >= 0.3 is 11.9 Å². The number of aryl methyl sites for hydroxylation is 1. The smallest absolute Gasteiger partial charge is 0.338 e. The third-order valence-electron chi connectivity index (χ3n) is 9.68. The largest absolute Gasteiger partial charge is 0.512 e. The second-order valence-corrected chi connectivity index (χ2v) is 13.4. The maximum Gasteiger partial charge on any atom is 0.338 e. The highest BCUT2D eigenvalue weighted by atomic mass is 16.6. The monoisotopic (exact) mass is 689 g/mol. The van der Waals surface area contributed by atoms with E-state index in [4.69, 9.17) is 14.2 Å². The zero-order valence-corrected chi connectivity index (χ0v) is 30.0. The number of carbonyl (C=O) groups is 2. The van der Waals surface area contributed by atoms with Gasteiger partial charge < -0.3 is 24.2 Å². The van der Waals surface area contributed by atoms with E-state index >= 15 is 0 Å². The average Bonchev–Trinajstić information content (AvgIpc) is 3.15. The molecular formula is C44H51NO6. The Morgan fingerprint density at radius 1 is 0.824 bits per heavy atom. The van der Waals surface area contributed by atoms with E-state index in [0.717, 1.165) is 29.9 Å². The summed E-state index contributed by atoms with van der Waals surface area (Å²) >= 11 is 0. The van der Waals surface area contributed by atoms with Crippen molar-refractivity contribution >= 4 is 17.6 Å². The molecule has 0 spiro atoms. The van der Waals surface area contributed by atoms with Crippen molar-refractivity contribution in [1.29, 1.82) is 0 Å². The molecule has 5 rings (SSSR count). The molecular weight excluding hydrogens is 638 g/mol. The van der Waals surface area contributed by atoms with Crippen LogP contribution in [-0.2, 0) is 43.3 Å². The molecule has 0 unspecified atom stereocenters. The van der Waals surface area contributed by atoms with Crippen molar-refractivity contribution in [2.75, 3.05) is 25.2 Å². The quantitative estimate of drug-likeness (QED) is 0.0776. The number of esters is 2. The number of benzene rings is 4. The second kappa shape index (κ2) is 18.9. The molecule has 4 aromatic rings. The minimum Gasteiger partial charge on any atom is -0.512 e. The normalized spacial score (nSPS) is 16.4. The summed E-state index contributed by atoms with van der Waals surface area (Å²) in [5.74, 6) is -0.966. The molecule has 0 amide bonds. The van der Waals surface area contributed by atoms with Gasteiger partial charge in [-0.2, -0.15) is 0 Å². The summed E-state index contributed by atoms with van der Waals surface area (Å²) < 4.78 is 16.6. The Morgan fingerprint density at radius 3 is 2.04 bits per heavy atom. The molecule has 4 aromatic carbocycles. The van der Waals surface area contributed by atoms with Crippen LogP contribution in [0.25, 0.3) is 0 Å². The Labute approximate surface area is 302 Å². The van der Waals surface area contributed by atoms with Crippen LogP contribution < -0.4 is 4.90 Å². The number of carbonyl (C=O) groups excluding carboxylic acids is 2. The first kappa shape index (κ1) is 37.4. The van der Waals surface area contributed by atoms with Gasteiger partial charge in [-0.05, 0) is 72.9 Å². The van der Waals surface area contributed by atoms with Crippen LogP contribution in [0.3, 0.4) is 0 Å². The predicted octanol–water partition coefficient (Wildman–Crippen LogP) is 9.27. The number of rotatable bonds is 19. The zero-order chi connectivity index (χ0) is 35.9. The van der Waals surface area contributed by atoms with Crippen molar-refractivity contribution < 1.29 is 28.9 Å². The Bertz CT molecular complexity index is 1670. The number of anilines is 1. The van der Waals surface area contributed by atoms with E-state index in [1.807, 2.05) is 49.4 Å². The van der Waals surface area contributed by atoms with Gasteiger partial charge in [0.15, 0.2) is 0 Å². The van der Waals surface area contributed by atoms with Crippen molar-refractivity contribution in [1.82, 2.24) is 0 Å². The van der Waals surface area contributed by atoms with Crippen LogP contribution in [0, 0.1) is 0 Å². The van der Waals surface area contributed by atoms with Crippen LogP contribution in [0.5, 0.6) is 0 Å². The number of hydrogen-bond donors (Lipinski definition) is 1. The van der Waals surface area contributed by atoms with Gasteiger partial charge in [-0.3, -0.25) is 4.79 Å². The third-order valence-corrected chi connectivity index (χ3v) is 9.68.